The van der Waals surface area contributed by atoms with Crippen LogP contribution in [0.4, 0.5) is 0 Å². The smallest absolute Gasteiger partial charge is 0.246 e. The normalized spacial score (nSPS) is 23.7. The minimum absolute atomic E-state index is 0.0704. The van der Waals surface area contributed by atoms with Gasteiger partial charge in [0.15, 0.2) is 0 Å². The summed E-state index contributed by atoms with van der Waals surface area (Å²) >= 11 is 0. The Labute approximate surface area is 442 Å². The van der Waals surface area contributed by atoms with E-state index in [9.17, 15) is 28.8 Å². The number of carbonyl (C=O) groups excluding carboxylic acids is 6. The van der Waals surface area contributed by atoms with Gasteiger partial charge in [0.25, 0.3) is 0 Å². The topological polar surface area (TPSA) is 227 Å². The van der Waals surface area contributed by atoms with Crippen molar-refractivity contribution in [1.29, 1.82) is 0 Å². The van der Waals surface area contributed by atoms with Crippen molar-refractivity contribution in [3.05, 3.63) is 58.7 Å². The second-order valence-corrected chi connectivity index (χ2v) is 21.1. The van der Waals surface area contributed by atoms with E-state index >= 15 is 0 Å². The summed E-state index contributed by atoms with van der Waals surface area (Å²) in [6.45, 7) is 7.93. The molecule has 4 aliphatic heterocycles. The molecule has 19 nitrogen and oxygen atoms in total. The van der Waals surface area contributed by atoms with Gasteiger partial charge in [0, 0.05) is 39.5 Å². The number of rotatable bonds is 22. The molecule has 2 aromatic carbocycles. The van der Waals surface area contributed by atoms with Gasteiger partial charge < -0.3 is 65.4 Å². The lowest BCUT2D eigenvalue weighted by molar-refractivity contribution is -0.144. The highest BCUT2D eigenvalue weighted by Crippen LogP contribution is 2.38. The maximum Gasteiger partial charge on any atom is 0.246 e. The molecule has 6 amide bonds. The molecule has 8 atom stereocenters. The van der Waals surface area contributed by atoms with Crippen molar-refractivity contribution in [2.45, 2.75) is 152 Å². The summed E-state index contributed by atoms with van der Waals surface area (Å²) in [5.74, 6) is 0.141. The molecule has 0 radical (unpaired) electrons. The standard InChI is InChI=1S/C56H82N8O11/c1-35(57-3)51(65)61-49(37-21-27-71-28-22-37)55(69)63-25-9-17-45(63)53(67)59-43-15-5-13-41-39(43)11-7-19-47(41)74-33-31-73-32-34-75-48-20-8-12-40-42(48)14-6-16-44(40)60-54(68)46-18-10-26-64(46)56(70)50(38-23-29-72-30-24-38)62-52(66)36(2)58-4/h7-8,11-12,19-20,35-38,43-46,49-50,57-58H,5-6,9-10,13-18,21-34H2,1-4H3,(H,59,67)(H,60,68)(H,61,65)(H,62,66)/t35-,36-,43+,44+,45-,46-,49-,50-/m0/s1. The zero-order valence-electron chi connectivity index (χ0n) is 44.6. The van der Waals surface area contributed by atoms with Crippen LogP contribution in [0.1, 0.15) is 125 Å². The molecule has 2 aromatic rings. The fourth-order valence-electron chi connectivity index (χ4n) is 11.9. The summed E-state index contributed by atoms with van der Waals surface area (Å²) in [6.07, 6.45) is 10.1. The molecule has 0 aromatic heterocycles. The minimum Gasteiger partial charge on any atom is -0.491 e. The lowest BCUT2D eigenvalue weighted by Crippen LogP contribution is -2.58. The molecule has 4 heterocycles. The predicted octanol–water partition coefficient (Wildman–Crippen LogP) is 3.17. The Balaban J connectivity index is 0.801. The molecule has 4 saturated heterocycles. The van der Waals surface area contributed by atoms with Gasteiger partial charge in [0.05, 0.1) is 37.4 Å². The van der Waals surface area contributed by atoms with Crippen LogP contribution in [0.25, 0.3) is 0 Å². The average molecular weight is 1040 g/mol. The summed E-state index contributed by atoms with van der Waals surface area (Å²) in [6, 6.07) is 7.84. The molecule has 412 valence electrons. The van der Waals surface area contributed by atoms with Crippen molar-refractivity contribution in [1.82, 2.24) is 41.7 Å². The SMILES string of the molecule is CN[C@@H](C)C(=O)N[C@H](C(=O)N1CCC[C@H]1C(=O)N[C@@H]1CCCc2c(OCCOCCOc3cccc4c3CCC[C@H]4NC(=O)[C@@H]3CCCN3C(=O)[C@@H](NC(=O)[C@H](C)NC)C3CCOCC3)cccc21)C1CCOCC1. The first-order valence-electron chi connectivity index (χ1n) is 27.9. The van der Waals surface area contributed by atoms with E-state index in [2.05, 4.69) is 31.9 Å². The average Bonchev–Trinajstić information content (AvgIpc) is 4.15. The minimum atomic E-state index is -0.725. The molecular weight excluding hydrogens is 961 g/mol. The van der Waals surface area contributed by atoms with Crippen molar-refractivity contribution < 1.29 is 52.5 Å². The van der Waals surface area contributed by atoms with Crippen LogP contribution in [0, 0.1) is 11.8 Å². The van der Waals surface area contributed by atoms with E-state index in [4.69, 9.17) is 23.7 Å². The molecule has 19 heteroatoms. The Morgan fingerprint density at radius 1 is 0.560 bits per heavy atom. The van der Waals surface area contributed by atoms with Crippen LogP contribution in [0.3, 0.4) is 0 Å². The van der Waals surface area contributed by atoms with E-state index in [1.165, 1.54) is 0 Å². The van der Waals surface area contributed by atoms with E-state index in [1.54, 1.807) is 37.7 Å². The predicted molar refractivity (Wildman–Crippen MR) is 280 cm³/mol. The number of carbonyl (C=O) groups is 6. The molecule has 6 aliphatic rings. The summed E-state index contributed by atoms with van der Waals surface area (Å²) in [5.41, 5.74) is 4.17. The van der Waals surface area contributed by atoms with Crippen LogP contribution in [0.5, 0.6) is 11.5 Å². The maximum absolute atomic E-state index is 14.2. The Morgan fingerprint density at radius 3 is 1.37 bits per heavy atom. The van der Waals surface area contributed by atoms with Crippen LogP contribution < -0.4 is 41.4 Å². The van der Waals surface area contributed by atoms with Gasteiger partial charge >= 0.3 is 0 Å². The number of nitrogens with zero attached hydrogens (tertiary/aromatic N) is 2. The van der Waals surface area contributed by atoms with Gasteiger partial charge in [-0.05, 0) is 164 Å². The first-order chi connectivity index (χ1) is 36.5. The van der Waals surface area contributed by atoms with Gasteiger partial charge in [-0.3, -0.25) is 28.8 Å². The number of ether oxygens (including phenoxy) is 5. The van der Waals surface area contributed by atoms with Crippen LogP contribution in [0.15, 0.2) is 36.4 Å². The highest BCUT2D eigenvalue weighted by Gasteiger charge is 2.44. The van der Waals surface area contributed by atoms with E-state index < -0.39 is 36.3 Å². The van der Waals surface area contributed by atoms with E-state index in [0.29, 0.717) is 117 Å². The Morgan fingerprint density at radius 2 is 0.973 bits per heavy atom. The third-order valence-electron chi connectivity index (χ3n) is 16.5. The zero-order valence-corrected chi connectivity index (χ0v) is 44.6. The molecular formula is C56H82N8O11. The lowest BCUT2D eigenvalue weighted by Gasteiger charge is -2.35. The van der Waals surface area contributed by atoms with Gasteiger partial charge in [-0.1, -0.05) is 24.3 Å². The van der Waals surface area contributed by atoms with E-state index in [-0.39, 0.29) is 59.4 Å². The zero-order chi connectivity index (χ0) is 52.8. The number of likely N-dealkylation sites (tertiary alicyclic amines) is 2. The largest absolute Gasteiger partial charge is 0.491 e. The number of hydrogen-bond donors (Lipinski definition) is 6. The molecule has 8 rings (SSSR count). The Bertz CT molecular complexity index is 2130. The van der Waals surface area contributed by atoms with Gasteiger partial charge in [0.2, 0.25) is 35.4 Å². The molecule has 2 aliphatic carbocycles. The summed E-state index contributed by atoms with van der Waals surface area (Å²) < 4.78 is 29.7. The number of likely N-dealkylation sites (N-methyl/N-ethyl adjacent to an activating group) is 2. The summed E-state index contributed by atoms with van der Waals surface area (Å²) in [4.78, 5) is 86.0. The first-order valence-corrected chi connectivity index (χ1v) is 27.9. The lowest BCUT2D eigenvalue weighted by atomic mass is 9.86. The van der Waals surface area contributed by atoms with Gasteiger partial charge in [0.1, 0.15) is 48.9 Å². The van der Waals surface area contributed by atoms with Crippen molar-refractivity contribution in [2.75, 3.05) is 80.0 Å². The Hall–Kier alpha value is -5.34. The van der Waals surface area contributed by atoms with Crippen molar-refractivity contribution >= 4 is 35.4 Å². The molecule has 0 spiro atoms. The first kappa shape index (κ1) is 55.9. The fraction of sp³-hybridized carbons (Fsp3) is 0.679. The maximum atomic E-state index is 14.2. The summed E-state index contributed by atoms with van der Waals surface area (Å²) in [7, 11) is 3.42. The highest BCUT2D eigenvalue weighted by molar-refractivity contribution is 5.95. The van der Waals surface area contributed by atoms with Crippen LogP contribution in [0.2, 0.25) is 0 Å². The van der Waals surface area contributed by atoms with E-state index in [0.717, 1.165) is 72.3 Å². The molecule has 0 unspecified atom stereocenters. The third kappa shape index (κ3) is 13.8. The van der Waals surface area contributed by atoms with Gasteiger partial charge in [-0.25, -0.2) is 0 Å². The van der Waals surface area contributed by atoms with Crippen molar-refractivity contribution in [3.8, 4) is 11.5 Å². The second kappa shape index (κ2) is 27.1. The van der Waals surface area contributed by atoms with Crippen LogP contribution in [-0.2, 0) is 55.8 Å². The summed E-state index contributed by atoms with van der Waals surface area (Å²) in [5, 5.41) is 18.5. The number of nitrogens with one attached hydrogen (secondary N) is 6. The molecule has 0 saturated carbocycles. The van der Waals surface area contributed by atoms with Crippen molar-refractivity contribution in [3.63, 3.8) is 0 Å². The number of amides is 6. The third-order valence-corrected chi connectivity index (χ3v) is 16.5. The molecule has 6 N–H and O–H groups in total. The highest BCUT2D eigenvalue weighted by atomic mass is 16.5. The quantitative estimate of drug-likeness (QED) is 0.0934. The van der Waals surface area contributed by atoms with Gasteiger partial charge in [-0.2, -0.15) is 0 Å². The van der Waals surface area contributed by atoms with Crippen molar-refractivity contribution in [2.24, 2.45) is 11.8 Å². The van der Waals surface area contributed by atoms with E-state index in [1.807, 2.05) is 36.4 Å². The molecule has 4 fully saturated rings. The molecule has 0 bridgehead atoms. The van der Waals surface area contributed by atoms with Crippen LogP contribution in [-0.4, -0.2) is 162 Å². The van der Waals surface area contributed by atoms with Crippen LogP contribution >= 0.6 is 0 Å². The van der Waals surface area contributed by atoms with Gasteiger partial charge in [-0.15, -0.1) is 0 Å². The fourth-order valence-corrected chi connectivity index (χ4v) is 11.9. The second-order valence-electron chi connectivity index (χ2n) is 21.1. The number of hydrogen-bond acceptors (Lipinski definition) is 13. The number of fused-ring (bicyclic) bond motifs is 2. The number of benzene rings is 2. The monoisotopic (exact) mass is 1040 g/mol. The molecule has 75 heavy (non-hydrogen) atoms. The Kier molecular flexibility index (Phi) is 20.2.